The van der Waals surface area contributed by atoms with E-state index < -0.39 is 0 Å². The largest absolute Gasteiger partial charge is 0.256 e. The predicted octanol–water partition coefficient (Wildman–Crippen LogP) is 11.8. The molecule has 0 N–H and O–H groups in total. The van der Waals surface area contributed by atoms with E-state index in [4.69, 9.17) is 0 Å². The van der Waals surface area contributed by atoms with Crippen molar-refractivity contribution in [3.05, 3.63) is 170 Å². The van der Waals surface area contributed by atoms with Gasteiger partial charge in [-0.1, -0.05) is 97.1 Å². The van der Waals surface area contributed by atoms with Crippen molar-refractivity contribution in [2.75, 3.05) is 0 Å². The first kappa shape index (κ1) is 26.3. The molecule has 0 saturated carbocycles. The quantitative estimate of drug-likeness (QED) is 0.192. The second kappa shape index (κ2) is 10.8. The summed E-state index contributed by atoms with van der Waals surface area (Å²) in [6, 6.07) is 57.0. The molecule has 2 heterocycles. The van der Waals surface area contributed by atoms with Crippen molar-refractivity contribution in [1.29, 1.82) is 0 Å². The lowest BCUT2D eigenvalue weighted by molar-refractivity contribution is 1.41. The molecular formula is C44H28N2. The third-order valence-electron chi connectivity index (χ3n) is 9.10. The van der Waals surface area contributed by atoms with Crippen LogP contribution in [0, 0.1) is 0 Å². The van der Waals surface area contributed by atoms with Crippen LogP contribution in [-0.4, -0.2) is 9.97 Å². The van der Waals surface area contributed by atoms with Gasteiger partial charge in [-0.25, -0.2) is 0 Å². The molecule has 0 spiro atoms. The van der Waals surface area contributed by atoms with Crippen LogP contribution in [0.2, 0.25) is 0 Å². The van der Waals surface area contributed by atoms with Crippen molar-refractivity contribution >= 4 is 43.4 Å². The molecule has 0 unspecified atom stereocenters. The summed E-state index contributed by atoms with van der Waals surface area (Å²) in [5.74, 6) is 0. The first-order valence-electron chi connectivity index (χ1n) is 15.6. The molecule has 46 heavy (non-hydrogen) atoms. The first-order valence-corrected chi connectivity index (χ1v) is 15.6. The van der Waals surface area contributed by atoms with E-state index in [2.05, 4.69) is 156 Å². The summed E-state index contributed by atoms with van der Waals surface area (Å²) in [7, 11) is 0. The molecule has 7 aromatic carbocycles. The van der Waals surface area contributed by atoms with Crippen molar-refractivity contribution in [2.45, 2.75) is 0 Å². The molecule has 9 rings (SSSR count). The zero-order valence-electron chi connectivity index (χ0n) is 25.1. The van der Waals surface area contributed by atoms with Crippen LogP contribution in [0.4, 0.5) is 0 Å². The highest BCUT2D eigenvalue weighted by Crippen LogP contribution is 2.35. The lowest BCUT2D eigenvalue weighted by Crippen LogP contribution is -1.85. The molecule has 0 aliphatic heterocycles. The zero-order chi connectivity index (χ0) is 30.5. The fraction of sp³-hybridized carbons (Fsp3) is 0. The summed E-state index contributed by atoms with van der Waals surface area (Å²) in [5, 5.41) is 7.33. The minimum atomic E-state index is 1.02. The van der Waals surface area contributed by atoms with Gasteiger partial charge in [0.25, 0.3) is 0 Å². The van der Waals surface area contributed by atoms with Crippen LogP contribution in [0.15, 0.2) is 170 Å². The van der Waals surface area contributed by atoms with E-state index in [1.165, 1.54) is 66.1 Å². The second-order valence-corrected chi connectivity index (χ2v) is 11.9. The van der Waals surface area contributed by atoms with Crippen molar-refractivity contribution < 1.29 is 0 Å². The fourth-order valence-corrected chi connectivity index (χ4v) is 6.70. The van der Waals surface area contributed by atoms with Crippen LogP contribution in [-0.2, 0) is 0 Å². The van der Waals surface area contributed by atoms with E-state index in [0.29, 0.717) is 0 Å². The van der Waals surface area contributed by atoms with Gasteiger partial charge in [0.05, 0.1) is 11.0 Å². The smallest absolute Gasteiger partial charge is 0.0702 e. The molecule has 0 aliphatic rings. The first-order chi connectivity index (χ1) is 22.7. The molecule has 0 atom stereocenters. The van der Waals surface area contributed by atoms with Gasteiger partial charge in [0, 0.05) is 23.2 Å². The Morgan fingerprint density at radius 1 is 0.261 bits per heavy atom. The summed E-state index contributed by atoms with van der Waals surface area (Å²) in [6.45, 7) is 0. The van der Waals surface area contributed by atoms with Gasteiger partial charge in [-0.15, -0.1) is 0 Å². The Hall–Kier alpha value is -6.12. The molecule has 0 saturated heterocycles. The van der Waals surface area contributed by atoms with Crippen molar-refractivity contribution in [1.82, 2.24) is 9.97 Å². The Morgan fingerprint density at radius 2 is 0.630 bits per heavy atom. The van der Waals surface area contributed by atoms with Gasteiger partial charge in [0.1, 0.15) is 0 Å². The molecule has 9 aromatic rings. The average molecular weight is 585 g/mol. The molecule has 2 aromatic heterocycles. The van der Waals surface area contributed by atoms with E-state index in [0.717, 1.165) is 21.8 Å². The highest BCUT2D eigenvalue weighted by atomic mass is 14.6. The van der Waals surface area contributed by atoms with Crippen molar-refractivity contribution in [2.24, 2.45) is 0 Å². The standard InChI is InChI=1S/C44H28N2/c1-5-29(23-31(7-1)35-15-19-43-39(27-35)9-3-21-45-43)33-13-17-41-37(25-33)11-12-38-26-34(14-18-42(38)41)30-6-2-8-32(24-30)36-16-20-44-40(28-36)10-4-22-46-44/h1-28H. The Labute approximate surface area is 267 Å². The van der Waals surface area contributed by atoms with Gasteiger partial charge in [-0.3, -0.25) is 9.97 Å². The van der Waals surface area contributed by atoms with E-state index in [-0.39, 0.29) is 0 Å². The van der Waals surface area contributed by atoms with Crippen LogP contribution in [0.1, 0.15) is 0 Å². The number of aromatic nitrogens is 2. The van der Waals surface area contributed by atoms with Gasteiger partial charge >= 0.3 is 0 Å². The Balaban J connectivity index is 1.05. The van der Waals surface area contributed by atoms with Crippen LogP contribution >= 0.6 is 0 Å². The van der Waals surface area contributed by atoms with Gasteiger partial charge < -0.3 is 0 Å². The topological polar surface area (TPSA) is 25.8 Å². The van der Waals surface area contributed by atoms with Crippen LogP contribution < -0.4 is 0 Å². The number of benzene rings is 7. The number of hydrogen-bond acceptors (Lipinski definition) is 2. The molecular weight excluding hydrogens is 556 g/mol. The summed E-state index contributed by atoms with van der Waals surface area (Å²) in [6.07, 6.45) is 3.68. The minimum Gasteiger partial charge on any atom is -0.256 e. The number of nitrogens with zero attached hydrogens (tertiary/aromatic N) is 2. The molecule has 0 aliphatic carbocycles. The average Bonchev–Trinajstić information content (AvgIpc) is 3.14. The maximum atomic E-state index is 4.47. The van der Waals surface area contributed by atoms with E-state index in [9.17, 15) is 0 Å². The number of rotatable bonds is 4. The van der Waals surface area contributed by atoms with Crippen LogP contribution in [0.5, 0.6) is 0 Å². The Kier molecular flexibility index (Phi) is 6.17. The summed E-state index contributed by atoms with van der Waals surface area (Å²) in [5.41, 5.74) is 11.7. The molecule has 0 bridgehead atoms. The lowest BCUT2D eigenvalue weighted by atomic mass is 9.93. The summed E-state index contributed by atoms with van der Waals surface area (Å²) >= 11 is 0. The normalized spacial score (nSPS) is 11.5. The van der Waals surface area contributed by atoms with E-state index >= 15 is 0 Å². The number of fused-ring (bicyclic) bond motifs is 5. The maximum absolute atomic E-state index is 4.47. The third kappa shape index (κ3) is 4.68. The van der Waals surface area contributed by atoms with E-state index in [1.54, 1.807) is 0 Å². The van der Waals surface area contributed by atoms with E-state index in [1.807, 2.05) is 24.5 Å². The van der Waals surface area contributed by atoms with Gasteiger partial charge in [0.2, 0.25) is 0 Å². The fourth-order valence-electron chi connectivity index (χ4n) is 6.70. The lowest BCUT2D eigenvalue weighted by Gasteiger charge is -2.11. The highest BCUT2D eigenvalue weighted by molar-refractivity contribution is 6.09. The molecule has 214 valence electrons. The maximum Gasteiger partial charge on any atom is 0.0702 e. The summed E-state index contributed by atoms with van der Waals surface area (Å²) < 4.78 is 0. The third-order valence-corrected chi connectivity index (χ3v) is 9.10. The minimum absolute atomic E-state index is 1.02. The molecule has 0 fully saturated rings. The zero-order valence-corrected chi connectivity index (χ0v) is 25.1. The predicted molar refractivity (Wildman–Crippen MR) is 194 cm³/mol. The summed E-state index contributed by atoms with van der Waals surface area (Å²) in [4.78, 5) is 8.95. The van der Waals surface area contributed by atoms with Crippen LogP contribution in [0.3, 0.4) is 0 Å². The second-order valence-electron chi connectivity index (χ2n) is 11.9. The molecule has 2 heteroatoms. The Morgan fingerprint density at radius 3 is 1.07 bits per heavy atom. The molecule has 0 radical (unpaired) electrons. The van der Waals surface area contributed by atoms with Crippen LogP contribution in [0.25, 0.3) is 87.9 Å². The van der Waals surface area contributed by atoms with Crippen molar-refractivity contribution in [3.8, 4) is 44.5 Å². The van der Waals surface area contributed by atoms with Gasteiger partial charge in [-0.2, -0.15) is 0 Å². The van der Waals surface area contributed by atoms with Gasteiger partial charge in [0.15, 0.2) is 0 Å². The molecule has 0 amide bonds. The SMILES string of the molecule is c1cc(-c2ccc3ncccc3c2)cc(-c2ccc3c(ccc4cc(-c5cccc(-c6ccc7ncccc7c6)c5)ccc43)c2)c1. The number of hydrogen-bond donors (Lipinski definition) is 0. The Bertz CT molecular complexity index is 2420. The highest BCUT2D eigenvalue weighted by Gasteiger charge is 2.09. The number of pyridine rings is 2. The monoisotopic (exact) mass is 584 g/mol. The molecule has 2 nitrogen and oxygen atoms in total. The van der Waals surface area contributed by atoms with Crippen molar-refractivity contribution in [3.63, 3.8) is 0 Å². The van der Waals surface area contributed by atoms with Gasteiger partial charge in [-0.05, 0) is 127 Å².